The minimum Gasteiger partial charge on any atom is -0.330 e. The third kappa shape index (κ3) is 2.48. The molecule has 3 unspecified atom stereocenters. The van der Waals surface area contributed by atoms with E-state index < -0.39 is 0 Å². The molecule has 1 aliphatic heterocycles. The molecule has 4 N–H and O–H groups in total. The van der Waals surface area contributed by atoms with Gasteiger partial charge in [-0.25, -0.2) is 5.43 Å². The van der Waals surface area contributed by atoms with Crippen LogP contribution in [-0.2, 0) is 0 Å². The van der Waals surface area contributed by atoms with Gasteiger partial charge in [0.15, 0.2) is 0 Å². The van der Waals surface area contributed by atoms with E-state index in [0.717, 1.165) is 0 Å². The largest absolute Gasteiger partial charge is 0.330 e. The molecule has 3 heteroatoms. The van der Waals surface area contributed by atoms with Crippen molar-refractivity contribution in [3.8, 4) is 11.1 Å². The quantitative estimate of drug-likeness (QED) is 0.800. The lowest BCUT2D eigenvalue weighted by molar-refractivity contribution is 0.444. The first-order chi connectivity index (χ1) is 9.79. The van der Waals surface area contributed by atoms with Crippen molar-refractivity contribution < 1.29 is 0 Å². The molecule has 1 aliphatic rings. The van der Waals surface area contributed by atoms with Crippen LogP contribution in [0.2, 0.25) is 0 Å². The molecule has 0 aromatic heterocycles. The van der Waals surface area contributed by atoms with E-state index in [1.807, 2.05) is 6.07 Å². The minimum atomic E-state index is 0.292. The molecule has 20 heavy (non-hydrogen) atoms. The molecule has 0 spiro atoms. The molecule has 0 radical (unpaired) electrons. The Kier molecular flexibility index (Phi) is 3.83. The fourth-order valence-electron chi connectivity index (χ4n) is 2.91. The maximum atomic E-state index is 5.89. The average Bonchev–Trinajstić information content (AvgIpc) is 2.89. The molecule has 1 heterocycles. The lowest BCUT2D eigenvalue weighted by Crippen LogP contribution is -2.30. The molecule has 3 rings (SSSR count). The normalized spacial score (nSPS) is 25.8. The molecule has 1 fully saturated rings. The van der Waals surface area contributed by atoms with Crippen LogP contribution in [0.5, 0.6) is 0 Å². The maximum absolute atomic E-state index is 5.89. The van der Waals surface area contributed by atoms with Gasteiger partial charge in [0.2, 0.25) is 0 Å². The Morgan fingerprint density at radius 1 is 0.900 bits per heavy atom. The van der Waals surface area contributed by atoms with Gasteiger partial charge >= 0.3 is 0 Å². The van der Waals surface area contributed by atoms with Gasteiger partial charge < -0.3 is 5.73 Å². The van der Waals surface area contributed by atoms with E-state index in [0.29, 0.717) is 24.5 Å². The highest BCUT2D eigenvalue weighted by Crippen LogP contribution is 2.29. The van der Waals surface area contributed by atoms with Crippen LogP contribution in [0.25, 0.3) is 11.1 Å². The van der Waals surface area contributed by atoms with Gasteiger partial charge in [0.25, 0.3) is 0 Å². The molecule has 1 saturated heterocycles. The Morgan fingerprint density at radius 2 is 1.55 bits per heavy atom. The molecule has 2 aromatic carbocycles. The van der Waals surface area contributed by atoms with E-state index in [1.54, 1.807) is 0 Å². The van der Waals surface area contributed by atoms with Crippen LogP contribution >= 0.6 is 0 Å². The van der Waals surface area contributed by atoms with Crippen molar-refractivity contribution in [1.82, 2.24) is 10.9 Å². The molecule has 2 aromatic rings. The summed E-state index contributed by atoms with van der Waals surface area (Å²) in [4.78, 5) is 0. The number of hydrogen-bond acceptors (Lipinski definition) is 3. The average molecular weight is 267 g/mol. The Balaban J connectivity index is 1.83. The summed E-state index contributed by atoms with van der Waals surface area (Å²) in [5.41, 5.74) is 16.3. The second-order valence-corrected chi connectivity index (χ2v) is 5.44. The zero-order chi connectivity index (χ0) is 13.9. The molecule has 0 aliphatic carbocycles. The third-order valence-corrected chi connectivity index (χ3v) is 4.19. The van der Waals surface area contributed by atoms with E-state index in [4.69, 9.17) is 5.73 Å². The van der Waals surface area contributed by atoms with Crippen LogP contribution in [0, 0.1) is 5.92 Å². The van der Waals surface area contributed by atoms with Crippen molar-refractivity contribution >= 4 is 0 Å². The molecule has 104 valence electrons. The highest BCUT2D eigenvalue weighted by Gasteiger charge is 2.32. The third-order valence-electron chi connectivity index (χ3n) is 4.19. The summed E-state index contributed by atoms with van der Waals surface area (Å²) in [6, 6.07) is 19.9. The first-order valence-electron chi connectivity index (χ1n) is 7.16. The summed E-state index contributed by atoms with van der Waals surface area (Å²) in [5, 5.41) is 0. The lowest BCUT2D eigenvalue weighted by Gasteiger charge is -2.19. The van der Waals surface area contributed by atoms with Gasteiger partial charge in [-0.15, -0.1) is 0 Å². The Bertz CT molecular complexity index is 550. The van der Waals surface area contributed by atoms with Crippen molar-refractivity contribution in [2.24, 2.45) is 11.7 Å². The summed E-state index contributed by atoms with van der Waals surface area (Å²) in [6.45, 7) is 2.86. The zero-order valence-electron chi connectivity index (χ0n) is 11.7. The van der Waals surface area contributed by atoms with Gasteiger partial charge in [0, 0.05) is 12.0 Å². The summed E-state index contributed by atoms with van der Waals surface area (Å²) >= 11 is 0. The summed E-state index contributed by atoms with van der Waals surface area (Å²) in [6.07, 6.45) is 0. The number of rotatable bonds is 3. The number of benzene rings is 2. The van der Waals surface area contributed by atoms with E-state index in [2.05, 4.69) is 66.3 Å². The number of hydrazine groups is 1. The van der Waals surface area contributed by atoms with Crippen molar-refractivity contribution in [1.29, 1.82) is 0 Å². The Morgan fingerprint density at radius 3 is 2.20 bits per heavy atom. The highest BCUT2D eigenvalue weighted by molar-refractivity contribution is 5.63. The SMILES string of the molecule is CC1NNC(c2ccc(-c3ccccc3)cc2)C1CN. The highest BCUT2D eigenvalue weighted by atomic mass is 15.4. The van der Waals surface area contributed by atoms with Gasteiger partial charge in [-0.3, -0.25) is 5.43 Å². The van der Waals surface area contributed by atoms with Crippen molar-refractivity contribution in [3.63, 3.8) is 0 Å². The molecule has 3 nitrogen and oxygen atoms in total. The summed E-state index contributed by atoms with van der Waals surface area (Å²) < 4.78 is 0. The molecular formula is C17H21N3. The van der Waals surface area contributed by atoms with Crippen LogP contribution in [0.1, 0.15) is 18.5 Å². The zero-order valence-corrected chi connectivity index (χ0v) is 11.7. The number of hydrogen-bond donors (Lipinski definition) is 3. The fraction of sp³-hybridized carbons (Fsp3) is 0.294. The predicted molar refractivity (Wildman–Crippen MR) is 82.9 cm³/mol. The second-order valence-electron chi connectivity index (χ2n) is 5.44. The molecule has 0 saturated carbocycles. The smallest absolute Gasteiger partial charge is 0.0517 e. The maximum Gasteiger partial charge on any atom is 0.0517 e. The van der Waals surface area contributed by atoms with Gasteiger partial charge in [-0.05, 0) is 30.2 Å². The van der Waals surface area contributed by atoms with Crippen LogP contribution in [-0.4, -0.2) is 12.6 Å². The van der Waals surface area contributed by atoms with Crippen molar-refractivity contribution in [2.75, 3.05) is 6.54 Å². The molecule has 3 atom stereocenters. The van der Waals surface area contributed by atoms with Gasteiger partial charge in [0.05, 0.1) is 6.04 Å². The Labute approximate surface area is 120 Å². The van der Waals surface area contributed by atoms with E-state index >= 15 is 0 Å². The van der Waals surface area contributed by atoms with Crippen LogP contribution in [0.4, 0.5) is 0 Å². The summed E-state index contributed by atoms with van der Waals surface area (Å²) in [7, 11) is 0. The van der Waals surface area contributed by atoms with Crippen molar-refractivity contribution in [3.05, 3.63) is 60.2 Å². The molecular weight excluding hydrogens is 246 g/mol. The van der Waals surface area contributed by atoms with E-state index in [9.17, 15) is 0 Å². The predicted octanol–water partition coefficient (Wildman–Crippen LogP) is 2.47. The number of nitrogens with one attached hydrogen (secondary N) is 2. The first-order valence-corrected chi connectivity index (χ1v) is 7.16. The monoisotopic (exact) mass is 267 g/mol. The lowest BCUT2D eigenvalue weighted by atomic mass is 9.89. The Hall–Kier alpha value is -1.68. The van der Waals surface area contributed by atoms with Crippen LogP contribution in [0.15, 0.2) is 54.6 Å². The molecule has 0 amide bonds. The standard InChI is InChI=1S/C17H21N3/c1-12-16(11-18)17(20-19-12)15-9-7-14(8-10-15)13-5-3-2-4-6-13/h2-10,12,16-17,19-20H,11,18H2,1H3. The first kappa shape index (κ1) is 13.3. The minimum absolute atomic E-state index is 0.292. The van der Waals surface area contributed by atoms with Gasteiger partial charge in [0.1, 0.15) is 0 Å². The van der Waals surface area contributed by atoms with Crippen LogP contribution < -0.4 is 16.6 Å². The van der Waals surface area contributed by atoms with E-state index in [1.165, 1.54) is 16.7 Å². The van der Waals surface area contributed by atoms with Crippen LogP contribution in [0.3, 0.4) is 0 Å². The van der Waals surface area contributed by atoms with E-state index in [-0.39, 0.29) is 0 Å². The summed E-state index contributed by atoms with van der Waals surface area (Å²) in [5.74, 6) is 0.428. The van der Waals surface area contributed by atoms with Crippen molar-refractivity contribution in [2.45, 2.75) is 19.0 Å². The van der Waals surface area contributed by atoms with Gasteiger partial charge in [-0.2, -0.15) is 0 Å². The topological polar surface area (TPSA) is 50.1 Å². The molecule has 0 bridgehead atoms. The number of nitrogens with two attached hydrogens (primary N) is 1. The second kappa shape index (κ2) is 5.75. The van der Waals surface area contributed by atoms with Gasteiger partial charge in [-0.1, -0.05) is 54.6 Å². The fourth-order valence-corrected chi connectivity index (χ4v) is 2.91.